The van der Waals surface area contributed by atoms with E-state index < -0.39 is 5.97 Å². The number of benzene rings is 1. The van der Waals surface area contributed by atoms with Gasteiger partial charge in [0, 0.05) is 44.4 Å². The van der Waals surface area contributed by atoms with Gasteiger partial charge in [0.1, 0.15) is 0 Å². The number of hydrogen-bond acceptors (Lipinski definition) is 5. The lowest BCUT2D eigenvalue weighted by atomic mass is 10.1. The van der Waals surface area contributed by atoms with Gasteiger partial charge in [0.2, 0.25) is 0 Å². The predicted molar refractivity (Wildman–Crippen MR) is 89.1 cm³/mol. The van der Waals surface area contributed by atoms with Gasteiger partial charge in [-0.15, -0.1) is 0 Å². The van der Waals surface area contributed by atoms with Gasteiger partial charge in [-0.05, 0) is 37.1 Å². The zero-order valence-corrected chi connectivity index (χ0v) is 14.1. The van der Waals surface area contributed by atoms with Gasteiger partial charge in [0.25, 0.3) is 5.91 Å². The number of rotatable bonds is 3. The number of carbonyl (C=O) groups excluding carboxylic acids is 2. The second kappa shape index (κ2) is 7.77. The maximum atomic E-state index is 12.7. The van der Waals surface area contributed by atoms with Crippen molar-refractivity contribution in [2.45, 2.75) is 18.9 Å². The standard InChI is InChI=1S/C18H24N2O4/c1-23-18(22)15-5-3-14(4-6-15)17(21)20-9-2-8-19(10-11-20)16-7-12-24-13-16/h3-6,16H,2,7-13H2,1H3. The predicted octanol–water partition coefficient (Wildman–Crippen LogP) is 1.41. The normalized spacial score (nSPS) is 22.2. The summed E-state index contributed by atoms with van der Waals surface area (Å²) in [4.78, 5) is 28.5. The summed E-state index contributed by atoms with van der Waals surface area (Å²) < 4.78 is 10.2. The lowest BCUT2D eigenvalue weighted by molar-refractivity contribution is 0.0599. The van der Waals surface area contributed by atoms with Gasteiger partial charge in [0.05, 0.1) is 19.3 Å². The Hall–Kier alpha value is -1.92. The van der Waals surface area contributed by atoms with Gasteiger partial charge in [-0.25, -0.2) is 4.79 Å². The van der Waals surface area contributed by atoms with Crippen molar-refractivity contribution < 1.29 is 19.1 Å². The second-order valence-corrected chi connectivity index (χ2v) is 6.27. The molecule has 0 N–H and O–H groups in total. The fourth-order valence-electron chi connectivity index (χ4n) is 3.37. The molecule has 0 aliphatic carbocycles. The Morgan fingerprint density at radius 1 is 1.08 bits per heavy atom. The molecule has 2 aliphatic heterocycles. The third-order valence-corrected chi connectivity index (χ3v) is 4.79. The highest BCUT2D eigenvalue weighted by Crippen LogP contribution is 2.16. The average molecular weight is 332 g/mol. The van der Waals surface area contributed by atoms with Crippen LogP contribution in [0.15, 0.2) is 24.3 Å². The molecule has 130 valence electrons. The van der Waals surface area contributed by atoms with Crippen LogP contribution in [0.4, 0.5) is 0 Å². The quantitative estimate of drug-likeness (QED) is 0.783. The molecule has 0 bridgehead atoms. The minimum Gasteiger partial charge on any atom is -0.465 e. The lowest BCUT2D eigenvalue weighted by Gasteiger charge is -2.26. The van der Waals surface area contributed by atoms with E-state index in [0.29, 0.717) is 17.2 Å². The molecule has 6 nitrogen and oxygen atoms in total. The fourth-order valence-corrected chi connectivity index (χ4v) is 3.37. The second-order valence-electron chi connectivity index (χ2n) is 6.27. The number of hydrogen-bond donors (Lipinski definition) is 0. The third-order valence-electron chi connectivity index (χ3n) is 4.79. The molecular weight excluding hydrogens is 308 g/mol. The molecule has 1 aromatic rings. The van der Waals surface area contributed by atoms with E-state index >= 15 is 0 Å². The maximum absolute atomic E-state index is 12.7. The van der Waals surface area contributed by atoms with E-state index in [2.05, 4.69) is 9.64 Å². The number of esters is 1. The average Bonchev–Trinajstić information content (AvgIpc) is 3.05. The Labute approximate surface area is 142 Å². The van der Waals surface area contributed by atoms with Crippen molar-refractivity contribution in [3.63, 3.8) is 0 Å². The van der Waals surface area contributed by atoms with Crippen LogP contribution < -0.4 is 0 Å². The van der Waals surface area contributed by atoms with Crippen LogP contribution in [0.3, 0.4) is 0 Å². The summed E-state index contributed by atoms with van der Waals surface area (Å²) in [5, 5.41) is 0. The lowest BCUT2D eigenvalue weighted by Crippen LogP contribution is -2.39. The molecule has 2 fully saturated rings. The molecule has 2 heterocycles. The van der Waals surface area contributed by atoms with Crippen LogP contribution >= 0.6 is 0 Å². The molecule has 3 rings (SSSR count). The molecule has 1 unspecified atom stereocenters. The van der Waals surface area contributed by atoms with E-state index in [0.717, 1.165) is 52.2 Å². The molecule has 0 saturated carbocycles. The highest BCUT2D eigenvalue weighted by Gasteiger charge is 2.27. The Morgan fingerprint density at radius 3 is 2.50 bits per heavy atom. The smallest absolute Gasteiger partial charge is 0.337 e. The summed E-state index contributed by atoms with van der Waals surface area (Å²) in [5.74, 6) is -0.367. The highest BCUT2D eigenvalue weighted by atomic mass is 16.5. The molecule has 1 amide bonds. The molecule has 0 radical (unpaired) electrons. The van der Waals surface area contributed by atoms with Gasteiger partial charge in [-0.2, -0.15) is 0 Å². The van der Waals surface area contributed by atoms with E-state index in [1.807, 2.05) is 4.90 Å². The first-order chi connectivity index (χ1) is 11.7. The first kappa shape index (κ1) is 16.9. The molecular formula is C18H24N2O4. The minimum atomic E-state index is -0.391. The van der Waals surface area contributed by atoms with Gasteiger partial charge in [0.15, 0.2) is 0 Å². The van der Waals surface area contributed by atoms with Gasteiger partial charge in [-0.3, -0.25) is 9.69 Å². The van der Waals surface area contributed by atoms with Crippen molar-refractivity contribution in [3.8, 4) is 0 Å². The number of carbonyl (C=O) groups is 2. The summed E-state index contributed by atoms with van der Waals surface area (Å²) in [6.07, 6.45) is 2.06. The zero-order valence-electron chi connectivity index (χ0n) is 14.1. The van der Waals surface area contributed by atoms with Crippen molar-refractivity contribution in [3.05, 3.63) is 35.4 Å². The van der Waals surface area contributed by atoms with Crippen LogP contribution in [-0.2, 0) is 9.47 Å². The van der Waals surface area contributed by atoms with E-state index in [1.54, 1.807) is 24.3 Å². The summed E-state index contributed by atoms with van der Waals surface area (Å²) in [7, 11) is 1.35. The first-order valence-electron chi connectivity index (χ1n) is 8.48. The fraction of sp³-hybridized carbons (Fsp3) is 0.556. The molecule has 0 aromatic heterocycles. The Bertz CT molecular complexity index is 581. The molecule has 2 saturated heterocycles. The molecule has 1 aromatic carbocycles. The van der Waals surface area contributed by atoms with Crippen LogP contribution in [0.2, 0.25) is 0 Å². The monoisotopic (exact) mass is 332 g/mol. The third kappa shape index (κ3) is 3.76. The van der Waals surface area contributed by atoms with Gasteiger partial charge >= 0.3 is 5.97 Å². The highest BCUT2D eigenvalue weighted by molar-refractivity contribution is 5.96. The largest absolute Gasteiger partial charge is 0.465 e. The number of ether oxygens (including phenoxy) is 2. The van der Waals surface area contributed by atoms with E-state index in [1.165, 1.54) is 7.11 Å². The topological polar surface area (TPSA) is 59.1 Å². The van der Waals surface area contributed by atoms with Gasteiger partial charge in [-0.1, -0.05) is 0 Å². The van der Waals surface area contributed by atoms with Crippen LogP contribution in [0, 0.1) is 0 Å². The van der Waals surface area contributed by atoms with E-state index in [4.69, 9.17) is 4.74 Å². The molecule has 0 spiro atoms. The van der Waals surface area contributed by atoms with Crippen molar-refractivity contribution in [1.82, 2.24) is 9.80 Å². The molecule has 1 atom stereocenters. The first-order valence-corrected chi connectivity index (χ1v) is 8.48. The van der Waals surface area contributed by atoms with Crippen LogP contribution in [0.1, 0.15) is 33.6 Å². The van der Waals surface area contributed by atoms with E-state index in [9.17, 15) is 9.59 Å². The zero-order chi connectivity index (χ0) is 16.9. The van der Waals surface area contributed by atoms with E-state index in [-0.39, 0.29) is 5.91 Å². The minimum absolute atomic E-state index is 0.0240. The number of methoxy groups -OCH3 is 1. The van der Waals surface area contributed by atoms with Crippen molar-refractivity contribution in [2.75, 3.05) is 46.5 Å². The summed E-state index contributed by atoms with van der Waals surface area (Å²) in [5.41, 5.74) is 1.07. The number of amides is 1. The summed E-state index contributed by atoms with van der Waals surface area (Å²) >= 11 is 0. The molecule has 24 heavy (non-hydrogen) atoms. The Morgan fingerprint density at radius 2 is 1.83 bits per heavy atom. The summed E-state index contributed by atoms with van der Waals surface area (Å²) in [6, 6.07) is 7.17. The van der Waals surface area contributed by atoms with Crippen LogP contribution in [0.5, 0.6) is 0 Å². The van der Waals surface area contributed by atoms with Crippen molar-refractivity contribution >= 4 is 11.9 Å². The molecule has 6 heteroatoms. The Balaban J connectivity index is 1.61. The van der Waals surface area contributed by atoms with Crippen LogP contribution in [-0.4, -0.2) is 74.2 Å². The van der Waals surface area contributed by atoms with Gasteiger partial charge < -0.3 is 14.4 Å². The summed E-state index contributed by atoms with van der Waals surface area (Å²) in [6.45, 7) is 5.05. The maximum Gasteiger partial charge on any atom is 0.337 e. The van der Waals surface area contributed by atoms with Crippen molar-refractivity contribution in [2.24, 2.45) is 0 Å². The number of nitrogens with zero attached hydrogens (tertiary/aromatic N) is 2. The Kier molecular flexibility index (Phi) is 5.48. The van der Waals surface area contributed by atoms with Crippen LogP contribution in [0.25, 0.3) is 0 Å². The molecule has 2 aliphatic rings. The SMILES string of the molecule is COC(=O)c1ccc(C(=O)N2CCCN(C3CCOC3)CC2)cc1. The van der Waals surface area contributed by atoms with Crippen molar-refractivity contribution in [1.29, 1.82) is 0 Å².